The minimum absolute atomic E-state index is 0.522. The topological polar surface area (TPSA) is 17.3 Å². The second-order valence-electron chi connectivity index (χ2n) is 5.09. The first-order valence-electron chi connectivity index (χ1n) is 5.98. The minimum Gasteiger partial charge on any atom is -0.301 e. The Morgan fingerprint density at radius 2 is 1.75 bits per heavy atom. The van der Waals surface area contributed by atoms with E-state index in [-0.39, 0.29) is 0 Å². The molecule has 0 aliphatic heterocycles. The van der Waals surface area contributed by atoms with E-state index in [1.54, 1.807) is 0 Å². The molecule has 2 aromatic rings. The molecular formula is C14H20N2. The van der Waals surface area contributed by atoms with Crippen LogP contribution < -0.4 is 0 Å². The Morgan fingerprint density at radius 3 is 2.31 bits per heavy atom. The van der Waals surface area contributed by atoms with Gasteiger partial charge in [0.1, 0.15) is 5.82 Å². The van der Waals surface area contributed by atoms with Crippen LogP contribution in [0, 0.1) is 6.92 Å². The molecule has 0 saturated carbocycles. The van der Waals surface area contributed by atoms with E-state index >= 15 is 0 Å². The van der Waals surface area contributed by atoms with Crippen molar-refractivity contribution in [1.82, 2.24) is 9.38 Å². The van der Waals surface area contributed by atoms with Gasteiger partial charge in [0.15, 0.2) is 0 Å². The number of imidazole rings is 1. The molecule has 2 nitrogen and oxygen atoms in total. The number of hydrogen-bond acceptors (Lipinski definition) is 1. The first-order chi connectivity index (χ1) is 7.50. The fraction of sp³-hybridized carbons (Fsp3) is 0.500. The van der Waals surface area contributed by atoms with Crippen molar-refractivity contribution in [2.45, 2.75) is 46.5 Å². The summed E-state index contributed by atoms with van der Waals surface area (Å²) in [5, 5.41) is 0. The highest BCUT2D eigenvalue weighted by atomic mass is 15.0. The molecule has 0 amide bonds. The highest BCUT2D eigenvalue weighted by Crippen LogP contribution is 2.24. The first kappa shape index (κ1) is 11.2. The molecule has 0 aliphatic carbocycles. The van der Waals surface area contributed by atoms with Crippen LogP contribution in [-0.2, 0) is 0 Å². The Morgan fingerprint density at radius 1 is 1.06 bits per heavy atom. The monoisotopic (exact) mass is 216 g/mol. The van der Waals surface area contributed by atoms with Gasteiger partial charge in [-0.1, -0.05) is 27.7 Å². The van der Waals surface area contributed by atoms with Crippen LogP contribution in [-0.4, -0.2) is 9.38 Å². The van der Waals surface area contributed by atoms with Crippen LogP contribution in [0.4, 0.5) is 0 Å². The average molecular weight is 216 g/mol. The number of nitrogens with zero attached hydrogens (tertiary/aromatic N) is 2. The number of fused-ring (bicyclic) bond motifs is 1. The third-order valence-electron chi connectivity index (χ3n) is 3.11. The van der Waals surface area contributed by atoms with E-state index in [1.807, 2.05) is 6.20 Å². The van der Waals surface area contributed by atoms with E-state index in [4.69, 9.17) is 0 Å². The second kappa shape index (κ2) is 3.93. The molecule has 0 aromatic carbocycles. The fourth-order valence-corrected chi connectivity index (χ4v) is 2.11. The van der Waals surface area contributed by atoms with E-state index in [0.717, 1.165) is 5.82 Å². The van der Waals surface area contributed by atoms with Crippen LogP contribution in [0.3, 0.4) is 0 Å². The summed E-state index contributed by atoms with van der Waals surface area (Å²) in [5.41, 5.74) is 3.97. The van der Waals surface area contributed by atoms with Crippen molar-refractivity contribution >= 4 is 5.52 Å². The summed E-state index contributed by atoms with van der Waals surface area (Å²) < 4.78 is 2.26. The van der Waals surface area contributed by atoms with E-state index in [2.05, 4.69) is 56.1 Å². The van der Waals surface area contributed by atoms with Crippen LogP contribution in [0.1, 0.15) is 56.6 Å². The zero-order valence-corrected chi connectivity index (χ0v) is 10.8. The van der Waals surface area contributed by atoms with Crippen LogP contribution in [0.25, 0.3) is 5.52 Å². The van der Waals surface area contributed by atoms with Gasteiger partial charge in [0, 0.05) is 5.69 Å². The van der Waals surface area contributed by atoms with Gasteiger partial charge in [-0.05, 0) is 36.5 Å². The van der Waals surface area contributed by atoms with E-state index in [9.17, 15) is 0 Å². The molecule has 0 unspecified atom stereocenters. The smallest absolute Gasteiger partial charge is 0.110 e. The lowest BCUT2D eigenvalue weighted by Crippen LogP contribution is -2.03. The maximum atomic E-state index is 4.40. The minimum atomic E-state index is 0.522. The summed E-state index contributed by atoms with van der Waals surface area (Å²) in [7, 11) is 0. The molecule has 86 valence electrons. The Labute approximate surface area is 97.3 Å². The zero-order valence-electron chi connectivity index (χ0n) is 10.8. The normalized spacial score (nSPS) is 11.9. The Balaban J connectivity index is 2.76. The lowest BCUT2D eigenvalue weighted by Gasteiger charge is -2.15. The first-order valence-corrected chi connectivity index (χ1v) is 5.98. The lowest BCUT2D eigenvalue weighted by atomic mass is 9.99. The zero-order chi connectivity index (χ0) is 11.9. The quantitative estimate of drug-likeness (QED) is 0.744. The summed E-state index contributed by atoms with van der Waals surface area (Å²) in [4.78, 5) is 4.40. The van der Waals surface area contributed by atoms with Gasteiger partial charge in [-0.2, -0.15) is 0 Å². The van der Waals surface area contributed by atoms with E-state index < -0.39 is 0 Å². The molecule has 2 aromatic heterocycles. The van der Waals surface area contributed by atoms with Gasteiger partial charge < -0.3 is 4.40 Å². The van der Waals surface area contributed by atoms with Gasteiger partial charge in [0.25, 0.3) is 0 Å². The number of hydrogen-bond donors (Lipinski definition) is 0. The van der Waals surface area contributed by atoms with Crippen LogP contribution >= 0.6 is 0 Å². The van der Waals surface area contributed by atoms with Crippen molar-refractivity contribution in [2.75, 3.05) is 0 Å². The summed E-state index contributed by atoms with van der Waals surface area (Å²) in [6, 6.07) is 4.56. The molecule has 0 radical (unpaired) electrons. The molecule has 0 spiro atoms. The third-order valence-corrected chi connectivity index (χ3v) is 3.11. The lowest BCUT2D eigenvalue weighted by molar-refractivity contribution is 0.772. The van der Waals surface area contributed by atoms with Gasteiger partial charge in [-0.25, -0.2) is 4.98 Å². The predicted octanol–water partition coefficient (Wildman–Crippen LogP) is 3.89. The molecule has 0 aliphatic rings. The number of pyridine rings is 1. The molecule has 0 bridgehead atoms. The van der Waals surface area contributed by atoms with Gasteiger partial charge in [-0.15, -0.1) is 0 Å². The van der Waals surface area contributed by atoms with Crippen molar-refractivity contribution < 1.29 is 0 Å². The Bertz CT molecular complexity index is 507. The third kappa shape index (κ3) is 1.73. The predicted molar refractivity (Wildman–Crippen MR) is 68.1 cm³/mol. The number of aryl methyl sites for hydroxylation is 1. The van der Waals surface area contributed by atoms with Gasteiger partial charge in [0.2, 0.25) is 0 Å². The molecule has 0 N–H and O–H groups in total. The molecule has 0 atom stereocenters. The number of aromatic nitrogens is 2. The average Bonchev–Trinajstić information content (AvgIpc) is 2.59. The van der Waals surface area contributed by atoms with E-state index in [0.29, 0.717) is 11.8 Å². The van der Waals surface area contributed by atoms with Crippen LogP contribution in [0.5, 0.6) is 0 Å². The Kier molecular flexibility index (Phi) is 2.75. The summed E-state index contributed by atoms with van der Waals surface area (Å²) in [5.74, 6) is 2.17. The van der Waals surface area contributed by atoms with Crippen LogP contribution in [0.2, 0.25) is 0 Å². The molecule has 2 heterocycles. The van der Waals surface area contributed by atoms with Crippen LogP contribution in [0.15, 0.2) is 18.3 Å². The summed E-state index contributed by atoms with van der Waals surface area (Å²) in [6.07, 6.45) is 1.97. The van der Waals surface area contributed by atoms with Crippen molar-refractivity contribution in [1.29, 1.82) is 0 Å². The number of rotatable bonds is 2. The van der Waals surface area contributed by atoms with Crippen molar-refractivity contribution in [3.05, 3.63) is 35.4 Å². The van der Waals surface area contributed by atoms with E-state index in [1.165, 1.54) is 16.8 Å². The summed E-state index contributed by atoms with van der Waals surface area (Å²) >= 11 is 0. The maximum absolute atomic E-state index is 4.40. The molecule has 2 heteroatoms. The summed E-state index contributed by atoms with van der Waals surface area (Å²) in [6.45, 7) is 11.0. The second-order valence-corrected chi connectivity index (χ2v) is 5.09. The SMILES string of the molecule is Cc1ncc2cc(C(C)C)cc(C(C)C)n12. The van der Waals surface area contributed by atoms with Gasteiger partial charge >= 0.3 is 0 Å². The van der Waals surface area contributed by atoms with Crippen molar-refractivity contribution in [3.8, 4) is 0 Å². The van der Waals surface area contributed by atoms with Gasteiger partial charge in [0.05, 0.1) is 11.7 Å². The fourth-order valence-electron chi connectivity index (χ4n) is 2.11. The maximum Gasteiger partial charge on any atom is 0.110 e. The highest BCUT2D eigenvalue weighted by molar-refractivity contribution is 5.51. The molecule has 0 fully saturated rings. The van der Waals surface area contributed by atoms with Crippen molar-refractivity contribution in [3.63, 3.8) is 0 Å². The van der Waals surface area contributed by atoms with Gasteiger partial charge in [-0.3, -0.25) is 0 Å². The Hall–Kier alpha value is -1.31. The molecule has 2 rings (SSSR count). The largest absolute Gasteiger partial charge is 0.301 e. The molecule has 16 heavy (non-hydrogen) atoms. The highest BCUT2D eigenvalue weighted by Gasteiger charge is 2.11. The standard InChI is InChI=1S/C14H20N2/c1-9(2)12-6-13-8-15-11(5)16(13)14(7-12)10(3)4/h6-10H,1-5H3. The molecule has 0 saturated heterocycles. The van der Waals surface area contributed by atoms with Crippen molar-refractivity contribution in [2.24, 2.45) is 0 Å². The molecular weight excluding hydrogens is 196 g/mol.